The lowest BCUT2D eigenvalue weighted by Crippen LogP contribution is -1.99. The van der Waals surface area contributed by atoms with Crippen LogP contribution >= 0.6 is 0 Å². The molecule has 0 bridgehead atoms. The normalized spacial score (nSPS) is 11.2. The molecule has 6 heteroatoms. The maximum Gasteiger partial charge on any atom is 0.215 e. The molecule has 2 aromatic carbocycles. The summed E-state index contributed by atoms with van der Waals surface area (Å²) in [7, 11) is -4.44. The average molecular weight is 300 g/mol. The van der Waals surface area contributed by atoms with E-state index in [1.54, 1.807) is 0 Å². The minimum Gasteiger partial charge on any atom is -0.726 e. The van der Waals surface area contributed by atoms with Gasteiger partial charge in [-0.3, -0.25) is 4.55 Å². The Morgan fingerprint density at radius 2 is 1.63 bits per heavy atom. The lowest BCUT2D eigenvalue weighted by molar-refractivity contribution is 0.366. The summed E-state index contributed by atoms with van der Waals surface area (Å²) in [6, 6.07) is 15.2. The third-order valence-electron chi connectivity index (χ3n) is 2.32. The monoisotopic (exact) mass is 300 g/mol. The molecule has 0 aliphatic carbocycles. The summed E-state index contributed by atoms with van der Waals surface area (Å²) in [5, 5.41) is 2.77. The molecule has 104 valence electrons. The van der Waals surface area contributed by atoms with E-state index in [9.17, 15) is 0 Å². The van der Waals surface area contributed by atoms with Gasteiger partial charge < -0.3 is 4.55 Å². The molecule has 19 heavy (non-hydrogen) atoms. The van der Waals surface area contributed by atoms with E-state index < -0.39 is 10.4 Å². The fourth-order valence-electron chi connectivity index (χ4n) is 1.73. The van der Waals surface area contributed by atoms with Crippen molar-refractivity contribution in [3.63, 3.8) is 0 Å². The standard InChI is InChI=1S/C13H15S.H2O4S/c1-14(2)10-12-8-5-7-11-6-3-4-9-13(11)12;1-5(2,3)4/h3-9H,10H2,1-2H3;(H2,1,2,3,4)/q+1;/p-1. The molecule has 0 radical (unpaired) electrons. The van der Waals surface area contributed by atoms with Crippen molar-refractivity contribution >= 4 is 32.1 Å². The van der Waals surface area contributed by atoms with Crippen LogP contribution in [-0.2, 0) is 27.0 Å². The summed E-state index contributed by atoms with van der Waals surface area (Å²) in [4.78, 5) is 0. The Morgan fingerprint density at radius 3 is 2.21 bits per heavy atom. The highest BCUT2D eigenvalue weighted by Crippen LogP contribution is 2.20. The zero-order valence-corrected chi connectivity index (χ0v) is 12.4. The van der Waals surface area contributed by atoms with E-state index in [0.717, 1.165) is 0 Å². The van der Waals surface area contributed by atoms with Crippen LogP contribution in [0.4, 0.5) is 0 Å². The molecule has 0 heterocycles. The third kappa shape index (κ3) is 6.58. The van der Waals surface area contributed by atoms with Crippen LogP contribution in [0.5, 0.6) is 0 Å². The minimum absolute atomic E-state index is 0.477. The van der Waals surface area contributed by atoms with E-state index in [4.69, 9.17) is 17.5 Å². The summed E-state index contributed by atoms with van der Waals surface area (Å²) in [6.45, 7) is 0. The second-order valence-electron chi connectivity index (χ2n) is 4.20. The first kappa shape index (κ1) is 16.0. The van der Waals surface area contributed by atoms with Crippen LogP contribution in [0.15, 0.2) is 42.5 Å². The summed E-state index contributed by atoms with van der Waals surface area (Å²) in [6.07, 6.45) is 4.59. The SMILES string of the molecule is C[S+](C)Cc1cccc2ccccc12.O=S(=O)([O-])O. The van der Waals surface area contributed by atoms with Gasteiger partial charge in [-0.15, -0.1) is 0 Å². The topological polar surface area (TPSA) is 77.4 Å². The highest BCUT2D eigenvalue weighted by Gasteiger charge is 2.07. The van der Waals surface area contributed by atoms with Crippen LogP contribution in [0, 0.1) is 0 Å². The van der Waals surface area contributed by atoms with E-state index in [-0.39, 0.29) is 0 Å². The highest BCUT2D eigenvalue weighted by molar-refractivity contribution is 7.94. The van der Waals surface area contributed by atoms with Gasteiger partial charge in [0.25, 0.3) is 0 Å². The number of rotatable bonds is 2. The van der Waals surface area contributed by atoms with Crippen molar-refractivity contribution in [3.8, 4) is 0 Å². The van der Waals surface area contributed by atoms with Crippen molar-refractivity contribution < 1.29 is 17.5 Å². The molecule has 0 spiro atoms. The number of hydrogen-bond donors (Lipinski definition) is 1. The Kier molecular flexibility index (Phi) is 5.81. The second kappa shape index (κ2) is 6.91. The maximum absolute atomic E-state index is 8.63. The number of hydrogen-bond acceptors (Lipinski definition) is 3. The lowest BCUT2D eigenvalue weighted by Gasteiger charge is -2.03. The van der Waals surface area contributed by atoms with Crippen molar-refractivity contribution in [2.45, 2.75) is 5.75 Å². The first-order chi connectivity index (χ1) is 8.77. The van der Waals surface area contributed by atoms with Crippen molar-refractivity contribution in [2.75, 3.05) is 12.5 Å². The van der Waals surface area contributed by atoms with Crippen LogP contribution in [0.1, 0.15) is 5.56 Å². The van der Waals surface area contributed by atoms with Crippen LogP contribution in [0.2, 0.25) is 0 Å². The van der Waals surface area contributed by atoms with Gasteiger partial charge in [0.15, 0.2) is 0 Å². The van der Waals surface area contributed by atoms with Gasteiger partial charge in [-0.2, -0.15) is 0 Å². The van der Waals surface area contributed by atoms with Crippen molar-refractivity contribution in [1.82, 2.24) is 0 Å². The van der Waals surface area contributed by atoms with Crippen molar-refractivity contribution in [2.24, 2.45) is 0 Å². The van der Waals surface area contributed by atoms with Gasteiger partial charge in [0.1, 0.15) is 5.75 Å². The lowest BCUT2D eigenvalue weighted by atomic mass is 10.1. The zero-order valence-electron chi connectivity index (χ0n) is 10.7. The Bertz CT molecular complexity index is 623. The molecule has 0 aromatic heterocycles. The second-order valence-corrected chi connectivity index (χ2v) is 7.31. The van der Waals surface area contributed by atoms with Crippen molar-refractivity contribution in [3.05, 3.63) is 48.0 Å². The van der Waals surface area contributed by atoms with Gasteiger partial charge in [-0.1, -0.05) is 42.5 Å². The molecule has 0 atom stereocenters. The summed E-state index contributed by atoms with van der Waals surface area (Å²) >= 11 is 0. The number of fused-ring (bicyclic) bond motifs is 1. The molecule has 1 N–H and O–H groups in total. The fourth-order valence-corrected chi connectivity index (χ4v) is 2.60. The third-order valence-corrected chi connectivity index (χ3v) is 3.21. The zero-order chi connectivity index (χ0) is 14.5. The van der Waals surface area contributed by atoms with Crippen LogP contribution in [0.3, 0.4) is 0 Å². The molecule has 2 rings (SSSR count). The van der Waals surface area contributed by atoms with E-state index in [1.807, 2.05) is 0 Å². The minimum atomic E-state index is -4.92. The first-order valence-corrected chi connectivity index (χ1v) is 9.04. The highest BCUT2D eigenvalue weighted by atomic mass is 32.3. The Balaban J connectivity index is 0.000000312. The first-order valence-electron chi connectivity index (χ1n) is 5.46. The molecule has 0 saturated heterocycles. The quantitative estimate of drug-likeness (QED) is 0.524. The van der Waals surface area contributed by atoms with E-state index in [0.29, 0.717) is 10.9 Å². The molecule has 0 unspecified atom stereocenters. The van der Waals surface area contributed by atoms with Gasteiger partial charge in [0, 0.05) is 5.56 Å². The van der Waals surface area contributed by atoms with Gasteiger partial charge >= 0.3 is 0 Å². The Labute approximate surface area is 116 Å². The van der Waals surface area contributed by atoms with Crippen LogP contribution < -0.4 is 0 Å². The van der Waals surface area contributed by atoms with Crippen LogP contribution in [0.25, 0.3) is 10.8 Å². The predicted octanol–water partition coefficient (Wildman–Crippen LogP) is 2.22. The largest absolute Gasteiger partial charge is 0.726 e. The summed E-state index contributed by atoms with van der Waals surface area (Å²) < 4.78 is 32.8. The molecule has 0 fully saturated rings. The maximum atomic E-state index is 8.63. The molecule has 0 aliphatic heterocycles. The van der Waals surface area contributed by atoms with Crippen molar-refractivity contribution in [1.29, 1.82) is 0 Å². The molecule has 4 nitrogen and oxygen atoms in total. The summed E-state index contributed by atoms with van der Waals surface area (Å²) in [5.74, 6) is 1.20. The molecular weight excluding hydrogens is 284 g/mol. The molecule has 0 saturated carbocycles. The predicted molar refractivity (Wildman–Crippen MR) is 79.2 cm³/mol. The van der Waals surface area contributed by atoms with E-state index in [1.165, 1.54) is 22.1 Å². The van der Waals surface area contributed by atoms with E-state index in [2.05, 4.69) is 55.0 Å². The Morgan fingerprint density at radius 1 is 1.11 bits per heavy atom. The molecule has 0 amide bonds. The molecule has 2 aromatic rings. The smallest absolute Gasteiger partial charge is 0.215 e. The van der Waals surface area contributed by atoms with Gasteiger partial charge in [-0.25, -0.2) is 8.42 Å². The number of benzene rings is 2. The Hall–Kier alpha value is -1.08. The molecule has 0 aliphatic rings. The summed E-state index contributed by atoms with van der Waals surface area (Å²) in [5.41, 5.74) is 1.48. The fraction of sp³-hybridized carbons (Fsp3) is 0.231. The molecular formula is C13H16O4S2. The van der Waals surface area contributed by atoms with Gasteiger partial charge in [-0.05, 0) is 21.7 Å². The van der Waals surface area contributed by atoms with Gasteiger partial charge in [0.2, 0.25) is 10.4 Å². The van der Waals surface area contributed by atoms with E-state index >= 15 is 0 Å². The average Bonchev–Trinajstić information content (AvgIpc) is 2.26. The van der Waals surface area contributed by atoms with Crippen LogP contribution in [-0.4, -0.2) is 30.0 Å². The van der Waals surface area contributed by atoms with Gasteiger partial charge in [0.05, 0.1) is 12.5 Å².